The zero-order valence-corrected chi connectivity index (χ0v) is 13.1. The van der Waals surface area contributed by atoms with Gasteiger partial charge in [0.25, 0.3) is 0 Å². The number of hydrogen-bond acceptors (Lipinski definition) is 5. The number of piperidine rings is 1. The Labute approximate surface area is 122 Å². The number of methoxy groups -OCH3 is 1. The number of nitrogens with zero attached hydrogens (tertiary/aromatic N) is 1. The molecular formula is C12H18N2O4S2. The molecule has 112 valence electrons. The Balaban J connectivity index is 2.20. The maximum Gasteiger partial charge on any atom is 0.350 e. The Bertz CT molecular complexity index is 582. The molecule has 1 atom stereocenters. The zero-order valence-electron chi connectivity index (χ0n) is 11.5. The van der Waals surface area contributed by atoms with Crippen LogP contribution in [0.3, 0.4) is 0 Å². The van der Waals surface area contributed by atoms with E-state index in [0.717, 1.165) is 30.6 Å². The summed E-state index contributed by atoms with van der Waals surface area (Å²) in [6.45, 7) is 2.40. The zero-order chi connectivity index (χ0) is 14.8. The summed E-state index contributed by atoms with van der Waals surface area (Å²) < 4.78 is 33.4. The smallest absolute Gasteiger partial charge is 0.350 e. The normalized spacial score (nSPS) is 20.6. The van der Waals surface area contributed by atoms with Gasteiger partial charge in [-0.1, -0.05) is 6.42 Å². The minimum Gasteiger partial charge on any atom is -0.465 e. The number of esters is 1. The number of ether oxygens (including phenoxy) is 1. The molecule has 8 heteroatoms. The fraction of sp³-hybridized carbons (Fsp3) is 0.583. The SMILES string of the molecule is COC(=O)c1sccc1NS(=O)(=O)N1CCCCC1C. The average Bonchev–Trinajstić information content (AvgIpc) is 2.85. The molecular weight excluding hydrogens is 300 g/mol. The number of thiophene rings is 1. The van der Waals surface area contributed by atoms with Crippen molar-refractivity contribution in [2.45, 2.75) is 32.2 Å². The van der Waals surface area contributed by atoms with Crippen molar-refractivity contribution in [1.82, 2.24) is 4.31 Å². The van der Waals surface area contributed by atoms with Gasteiger partial charge in [-0.3, -0.25) is 4.72 Å². The predicted octanol–water partition coefficient (Wildman–Crippen LogP) is 2.07. The Morgan fingerprint density at radius 3 is 2.90 bits per heavy atom. The van der Waals surface area contributed by atoms with Crippen LogP contribution in [0.25, 0.3) is 0 Å². The number of hydrogen-bond donors (Lipinski definition) is 1. The summed E-state index contributed by atoms with van der Waals surface area (Å²) in [5, 5.41) is 1.66. The number of carbonyl (C=O) groups is 1. The summed E-state index contributed by atoms with van der Waals surface area (Å²) in [4.78, 5) is 11.8. The van der Waals surface area contributed by atoms with Gasteiger partial charge in [0.15, 0.2) is 0 Å². The Hall–Kier alpha value is -1.12. The van der Waals surface area contributed by atoms with E-state index in [9.17, 15) is 13.2 Å². The molecule has 0 radical (unpaired) electrons. The lowest BCUT2D eigenvalue weighted by Gasteiger charge is -2.32. The quantitative estimate of drug-likeness (QED) is 0.862. The van der Waals surface area contributed by atoms with Crippen molar-refractivity contribution < 1.29 is 17.9 Å². The van der Waals surface area contributed by atoms with Crippen LogP contribution >= 0.6 is 11.3 Å². The maximum atomic E-state index is 12.4. The van der Waals surface area contributed by atoms with E-state index in [4.69, 9.17) is 0 Å². The summed E-state index contributed by atoms with van der Waals surface area (Å²) in [5.41, 5.74) is 0.277. The Morgan fingerprint density at radius 2 is 2.25 bits per heavy atom. The third kappa shape index (κ3) is 3.13. The van der Waals surface area contributed by atoms with E-state index in [1.807, 2.05) is 6.92 Å². The molecule has 0 amide bonds. The van der Waals surface area contributed by atoms with Crippen molar-refractivity contribution in [1.29, 1.82) is 0 Å². The van der Waals surface area contributed by atoms with Gasteiger partial charge in [0, 0.05) is 12.6 Å². The van der Waals surface area contributed by atoms with Crippen molar-refractivity contribution in [2.75, 3.05) is 18.4 Å². The van der Waals surface area contributed by atoms with Crippen molar-refractivity contribution in [2.24, 2.45) is 0 Å². The Morgan fingerprint density at radius 1 is 1.50 bits per heavy atom. The topological polar surface area (TPSA) is 75.7 Å². The molecule has 0 aliphatic carbocycles. The molecule has 1 aromatic heterocycles. The van der Waals surface area contributed by atoms with Crippen LogP contribution < -0.4 is 4.72 Å². The van der Waals surface area contributed by atoms with Crippen LogP contribution in [0.5, 0.6) is 0 Å². The third-order valence-electron chi connectivity index (χ3n) is 3.33. The molecule has 1 fully saturated rings. The van der Waals surface area contributed by atoms with E-state index in [1.54, 1.807) is 11.4 Å². The molecule has 1 N–H and O–H groups in total. The molecule has 0 aromatic carbocycles. The number of anilines is 1. The van der Waals surface area contributed by atoms with E-state index in [2.05, 4.69) is 9.46 Å². The van der Waals surface area contributed by atoms with Gasteiger partial charge in [0.2, 0.25) is 0 Å². The Kier molecular flexibility index (Phi) is 4.66. The monoisotopic (exact) mass is 318 g/mol. The molecule has 1 aliphatic heterocycles. The molecule has 2 heterocycles. The molecule has 1 saturated heterocycles. The summed E-state index contributed by atoms with van der Waals surface area (Å²) in [7, 11) is -2.37. The molecule has 1 unspecified atom stereocenters. The highest BCUT2D eigenvalue weighted by molar-refractivity contribution is 7.90. The largest absolute Gasteiger partial charge is 0.465 e. The lowest BCUT2D eigenvalue weighted by Crippen LogP contribution is -2.44. The van der Waals surface area contributed by atoms with Crippen molar-refractivity contribution in [3.05, 3.63) is 16.3 Å². The van der Waals surface area contributed by atoms with Crippen molar-refractivity contribution in [3.63, 3.8) is 0 Å². The van der Waals surface area contributed by atoms with Gasteiger partial charge in [0.05, 0.1) is 12.8 Å². The molecule has 6 nitrogen and oxygen atoms in total. The van der Waals surface area contributed by atoms with E-state index >= 15 is 0 Å². The van der Waals surface area contributed by atoms with Crippen LogP contribution in [0.2, 0.25) is 0 Å². The highest BCUT2D eigenvalue weighted by atomic mass is 32.2. The first kappa shape index (κ1) is 15.3. The minimum atomic E-state index is -3.64. The molecule has 1 aliphatic rings. The van der Waals surface area contributed by atoms with Gasteiger partial charge < -0.3 is 4.74 Å². The minimum absolute atomic E-state index is 0.0264. The van der Waals surface area contributed by atoms with Crippen LogP contribution in [-0.4, -0.2) is 38.4 Å². The lowest BCUT2D eigenvalue weighted by atomic mass is 10.1. The second-order valence-electron chi connectivity index (χ2n) is 4.72. The average molecular weight is 318 g/mol. The van der Waals surface area contributed by atoms with Crippen LogP contribution in [0.15, 0.2) is 11.4 Å². The predicted molar refractivity (Wildman–Crippen MR) is 78.2 cm³/mol. The van der Waals surface area contributed by atoms with Crippen LogP contribution in [0, 0.1) is 0 Å². The number of rotatable bonds is 4. The standard InChI is InChI=1S/C12H18N2O4S2/c1-9-5-3-4-7-14(9)20(16,17)13-10-6-8-19-11(10)12(15)18-2/h6,8-9,13H,3-5,7H2,1-2H3. The van der Waals surface area contributed by atoms with E-state index in [1.165, 1.54) is 11.4 Å². The first-order valence-electron chi connectivity index (χ1n) is 6.41. The molecule has 2 rings (SSSR count). The first-order valence-corrected chi connectivity index (χ1v) is 8.73. The van der Waals surface area contributed by atoms with Gasteiger partial charge in [-0.25, -0.2) is 4.79 Å². The maximum absolute atomic E-state index is 12.4. The second kappa shape index (κ2) is 6.11. The molecule has 0 saturated carbocycles. The summed E-state index contributed by atoms with van der Waals surface area (Å²) in [6, 6.07) is 1.55. The third-order valence-corrected chi connectivity index (χ3v) is 5.86. The molecule has 20 heavy (non-hydrogen) atoms. The van der Waals surface area contributed by atoms with Crippen LogP contribution in [0.4, 0.5) is 5.69 Å². The van der Waals surface area contributed by atoms with E-state index < -0.39 is 16.2 Å². The number of nitrogens with one attached hydrogen (secondary N) is 1. The van der Waals surface area contributed by atoms with Gasteiger partial charge >= 0.3 is 16.2 Å². The highest BCUT2D eigenvalue weighted by Gasteiger charge is 2.30. The van der Waals surface area contributed by atoms with Crippen LogP contribution in [-0.2, 0) is 14.9 Å². The van der Waals surface area contributed by atoms with Gasteiger partial charge in [0.1, 0.15) is 4.88 Å². The van der Waals surface area contributed by atoms with Crippen molar-refractivity contribution in [3.8, 4) is 0 Å². The second-order valence-corrected chi connectivity index (χ2v) is 7.26. The molecule has 0 spiro atoms. The van der Waals surface area contributed by atoms with Crippen molar-refractivity contribution >= 4 is 33.2 Å². The van der Waals surface area contributed by atoms with Crippen LogP contribution in [0.1, 0.15) is 35.9 Å². The van der Waals surface area contributed by atoms with Gasteiger partial charge in [-0.05, 0) is 31.2 Å². The summed E-state index contributed by atoms with van der Waals surface area (Å²) in [6.07, 6.45) is 2.76. The van der Waals surface area contributed by atoms with Gasteiger partial charge in [-0.15, -0.1) is 11.3 Å². The molecule has 1 aromatic rings. The van der Waals surface area contributed by atoms with E-state index in [-0.39, 0.29) is 16.6 Å². The summed E-state index contributed by atoms with van der Waals surface area (Å²) >= 11 is 1.15. The fourth-order valence-electron chi connectivity index (χ4n) is 2.27. The first-order chi connectivity index (χ1) is 9.45. The van der Waals surface area contributed by atoms with E-state index in [0.29, 0.717) is 6.54 Å². The molecule has 0 bridgehead atoms. The summed E-state index contributed by atoms with van der Waals surface area (Å²) in [5.74, 6) is -0.538. The van der Waals surface area contributed by atoms with Gasteiger partial charge in [-0.2, -0.15) is 12.7 Å². The highest BCUT2D eigenvalue weighted by Crippen LogP contribution is 2.27. The fourth-order valence-corrected chi connectivity index (χ4v) is 4.61. The number of carbonyl (C=O) groups excluding carboxylic acids is 1. The lowest BCUT2D eigenvalue weighted by molar-refractivity contribution is 0.0607.